The summed E-state index contributed by atoms with van der Waals surface area (Å²) in [5.74, 6) is -0.106. The zero-order chi connectivity index (χ0) is 15.0. The van der Waals surface area contributed by atoms with E-state index in [1.807, 2.05) is 0 Å². The number of carbonyl (C=O) groups excluding carboxylic acids is 1. The van der Waals surface area contributed by atoms with Crippen molar-refractivity contribution in [2.75, 3.05) is 11.9 Å². The summed E-state index contributed by atoms with van der Waals surface area (Å²) < 4.78 is 0. The topological polar surface area (TPSA) is 130 Å². The standard InChI is InChI=1S/C12H11N5O4/c18-11-1-6(4-13-11)16-9-3-8-7(2-10(9)17(20)21)12(19)15-5-14-8/h2-3,5-6,16H,1,4H2,(H,13,18)(H,14,15,19). The van der Waals surface area contributed by atoms with Crippen molar-refractivity contribution in [3.63, 3.8) is 0 Å². The van der Waals surface area contributed by atoms with Crippen LogP contribution in [0.5, 0.6) is 0 Å². The van der Waals surface area contributed by atoms with Crippen LogP contribution in [0.3, 0.4) is 0 Å². The summed E-state index contributed by atoms with van der Waals surface area (Å²) in [6, 6.07) is 2.41. The fourth-order valence-electron chi connectivity index (χ4n) is 2.30. The van der Waals surface area contributed by atoms with Crippen LogP contribution in [0.1, 0.15) is 6.42 Å². The molecule has 1 aromatic heterocycles. The Bertz CT molecular complexity index is 800. The number of nitro groups is 1. The number of hydrogen-bond donors (Lipinski definition) is 3. The normalized spacial score (nSPS) is 17.7. The van der Waals surface area contributed by atoms with E-state index in [1.165, 1.54) is 18.5 Å². The molecule has 9 nitrogen and oxygen atoms in total. The van der Waals surface area contributed by atoms with Crippen molar-refractivity contribution in [3.8, 4) is 0 Å². The predicted octanol–water partition coefficient (Wildman–Crippen LogP) is 0.132. The largest absolute Gasteiger partial charge is 0.374 e. The van der Waals surface area contributed by atoms with E-state index in [2.05, 4.69) is 20.6 Å². The second kappa shape index (κ2) is 4.85. The Morgan fingerprint density at radius 1 is 1.38 bits per heavy atom. The maximum Gasteiger partial charge on any atom is 0.293 e. The Labute approximate surface area is 117 Å². The number of aromatic amines is 1. The third-order valence-corrected chi connectivity index (χ3v) is 3.29. The Morgan fingerprint density at radius 2 is 2.19 bits per heavy atom. The van der Waals surface area contributed by atoms with Crippen molar-refractivity contribution in [1.82, 2.24) is 15.3 Å². The predicted molar refractivity (Wildman–Crippen MR) is 74.1 cm³/mol. The minimum atomic E-state index is -0.571. The lowest BCUT2D eigenvalue weighted by atomic mass is 10.1. The molecule has 1 aliphatic rings. The molecular weight excluding hydrogens is 278 g/mol. The molecule has 3 rings (SSSR count). The van der Waals surface area contributed by atoms with Gasteiger partial charge in [0.05, 0.1) is 28.2 Å². The number of carbonyl (C=O) groups is 1. The van der Waals surface area contributed by atoms with E-state index in [0.29, 0.717) is 12.1 Å². The molecule has 1 fully saturated rings. The molecule has 1 unspecified atom stereocenters. The summed E-state index contributed by atoms with van der Waals surface area (Å²) >= 11 is 0. The van der Waals surface area contributed by atoms with Gasteiger partial charge in [-0.25, -0.2) is 4.98 Å². The van der Waals surface area contributed by atoms with Crippen LogP contribution in [0.4, 0.5) is 11.4 Å². The number of nitrogens with one attached hydrogen (secondary N) is 3. The Morgan fingerprint density at radius 3 is 2.86 bits per heavy atom. The molecule has 9 heteroatoms. The minimum absolute atomic E-state index is 0.106. The number of anilines is 1. The molecule has 2 aromatic rings. The molecule has 0 saturated carbocycles. The van der Waals surface area contributed by atoms with E-state index in [9.17, 15) is 19.7 Å². The maximum absolute atomic E-state index is 11.7. The molecule has 0 spiro atoms. The highest BCUT2D eigenvalue weighted by molar-refractivity contribution is 5.87. The zero-order valence-electron chi connectivity index (χ0n) is 10.8. The quantitative estimate of drug-likeness (QED) is 0.544. The third kappa shape index (κ3) is 2.40. The third-order valence-electron chi connectivity index (χ3n) is 3.29. The molecule has 1 aliphatic heterocycles. The number of fused-ring (bicyclic) bond motifs is 1. The van der Waals surface area contributed by atoms with Gasteiger partial charge in [-0.05, 0) is 6.07 Å². The molecule has 1 atom stereocenters. The molecule has 0 radical (unpaired) electrons. The highest BCUT2D eigenvalue weighted by Crippen LogP contribution is 2.29. The van der Waals surface area contributed by atoms with Crippen LogP contribution >= 0.6 is 0 Å². The number of nitrogens with zero attached hydrogens (tertiary/aromatic N) is 2. The van der Waals surface area contributed by atoms with Gasteiger partial charge in [0.25, 0.3) is 11.2 Å². The lowest BCUT2D eigenvalue weighted by Gasteiger charge is -2.12. The number of aromatic nitrogens is 2. The lowest BCUT2D eigenvalue weighted by Crippen LogP contribution is -2.23. The summed E-state index contributed by atoms with van der Waals surface area (Å²) in [6.45, 7) is 0.400. The van der Waals surface area contributed by atoms with Crippen LogP contribution in [-0.2, 0) is 4.79 Å². The van der Waals surface area contributed by atoms with Crippen molar-refractivity contribution in [1.29, 1.82) is 0 Å². The van der Waals surface area contributed by atoms with Gasteiger partial charge in [0.15, 0.2) is 0 Å². The van der Waals surface area contributed by atoms with E-state index < -0.39 is 10.5 Å². The van der Waals surface area contributed by atoms with Crippen LogP contribution in [0.15, 0.2) is 23.3 Å². The summed E-state index contributed by atoms with van der Waals surface area (Å²) in [4.78, 5) is 39.8. The van der Waals surface area contributed by atoms with Gasteiger partial charge in [-0.15, -0.1) is 0 Å². The maximum atomic E-state index is 11.7. The van der Waals surface area contributed by atoms with Crippen LogP contribution in [0.2, 0.25) is 0 Å². The molecule has 1 saturated heterocycles. The van der Waals surface area contributed by atoms with Crippen LogP contribution in [0, 0.1) is 10.1 Å². The van der Waals surface area contributed by atoms with E-state index in [-0.39, 0.29) is 35.1 Å². The molecular formula is C12H11N5O4. The first-order chi connectivity index (χ1) is 10.0. The first kappa shape index (κ1) is 13.0. The first-order valence-electron chi connectivity index (χ1n) is 6.23. The van der Waals surface area contributed by atoms with Gasteiger partial charge in [-0.2, -0.15) is 0 Å². The number of amides is 1. The second-order valence-electron chi connectivity index (χ2n) is 4.72. The van der Waals surface area contributed by atoms with Crippen LogP contribution < -0.4 is 16.2 Å². The van der Waals surface area contributed by atoms with E-state index >= 15 is 0 Å². The lowest BCUT2D eigenvalue weighted by molar-refractivity contribution is -0.383. The number of benzene rings is 1. The molecule has 0 aliphatic carbocycles. The Hall–Kier alpha value is -2.97. The summed E-state index contributed by atoms with van der Waals surface area (Å²) in [7, 11) is 0. The van der Waals surface area contributed by atoms with Gasteiger partial charge in [0, 0.05) is 19.0 Å². The first-order valence-corrected chi connectivity index (χ1v) is 6.23. The minimum Gasteiger partial charge on any atom is -0.374 e. The smallest absolute Gasteiger partial charge is 0.293 e. The zero-order valence-corrected chi connectivity index (χ0v) is 10.8. The Balaban J connectivity index is 2.07. The fraction of sp³-hybridized carbons (Fsp3) is 0.250. The SMILES string of the molecule is O=C1CC(Nc2cc3nc[nH]c(=O)c3cc2[N+](=O)[O-])CN1. The van der Waals surface area contributed by atoms with Crippen LogP contribution in [-0.4, -0.2) is 33.4 Å². The molecule has 108 valence electrons. The summed E-state index contributed by atoms with van der Waals surface area (Å²) in [5, 5.41) is 16.9. The van der Waals surface area contributed by atoms with Crippen molar-refractivity contribution in [2.45, 2.75) is 12.5 Å². The van der Waals surface area contributed by atoms with Gasteiger partial charge in [-0.1, -0.05) is 0 Å². The second-order valence-corrected chi connectivity index (χ2v) is 4.72. The van der Waals surface area contributed by atoms with Gasteiger partial charge >= 0.3 is 0 Å². The van der Waals surface area contributed by atoms with Crippen molar-refractivity contribution in [2.24, 2.45) is 0 Å². The average Bonchev–Trinajstić information content (AvgIpc) is 2.83. The highest BCUT2D eigenvalue weighted by Gasteiger charge is 2.25. The number of H-pyrrole nitrogens is 1. The fourth-order valence-corrected chi connectivity index (χ4v) is 2.30. The molecule has 21 heavy (non-hydrogen) atoms. The highest BCUT2D eigenvalue weighted by atomic mass is 16.6. The van der Waals surface area contributed by atoms with E-state index in [0.717, 1.165) is 0 Å². The van der Waals surface area contributed by atoms with Crippen molar-refractivity contribution >= 4 is 28.2 Å². The van der Waals surface area contributed by atoms with Gasteiger partial charge in [0.2, 0.25) is 5.91 Å². The van der Waals surface area contributed by atoms with E-state index in [4.69, 9.17) is 0 Å². The van der Waals surface area contributed by atoms with Gasteiger partial charge < -0.3 is 15.6 Å². The number of nitro benzene ring substituents is 1. The van der Waals surface area contributed by atoms with E-state index in [1.54, 1.807) is 0 Å². The molecule has 0 bridgehead atoms. The summed E-state index contributed by atoms with van der Waals surface area (Å²) in [6.07, 6.45) is 1.49. The van der Waals surface area contributed by atoms with Crippen LogP contribution in [0.25, 0.3) is 10.9 Å². The number of rotatable bonds is 3. The average molecular weight is 289 g/mol. The van der Waals surface area contributed by atoms with Gasteiger partial charge in [-0.3, -0.25) is 19.7 Å². The Kier molecular flexibility index (Phi) is 3.01. The van der Waals surface area contributed by atoms with Gasteiger partial charge in [0.1, 0.15) is 5.69 Å². The molecule has 1 amide bonds. The monoisotopic (exact) mass is 289 g/mol. The molecule has 1 aromatic carbocycles. The summed E-state index contributed by atoms with van der Waals surface area (Å²) in [5.41, 5.74) is -0.0658. The van der Waals surface area contributed by atoms with Crippen molar-refractivity contribution in [3.05, 3.63) is 38.9 Å². The molecule has 3 N–H and O–H groups in total. The molecule has 2 heterocycles. The number of hydrogen-bond acceptors (Lipinski definition) is 6. The van der Waals surface area contributed by atoms with Crippen molar-refractivity contribution < 1.29 is 9.72 Å².